The third kappa shape index (κ3) is 4.99. The van der Waals surface area contributed by atoms with Gasteiger partial charge in [-0.3, -0.25) is 0 Å². The maximum atomic E-state index is 6.07. The fraction of sp³-hybridized carbons (Fsp3) is 0.200. The van der Waals surface area contributed by atoms with E-state index in [0.717, 1.165) is 16.6 Å². The number of nitrogen functional groups attached to an aromatic ring is 1. The number of hydrogen-bond donors (Lipinski definition) is 1. The van der Waals surface area contributed by atoms with Gasteiger partial charge >= 0.3 is 0 Å². The SMILES string of the molecule is Nc1cccc(OCCCOc2cc(Cl)c(Br)cc2Cl)c1. The van der Waals surface area contributed by atoms with Crippen molar-refractivity contribution in [2.24, 2.45) is 0 Å². The van der Waals surface area contributed by atoms with Crippen molar-refractivity contribution in [3.63, 3.8) is 0 Å². The summed E-state index contributed by atoms with van der Waals surface area (Å²) >= 11 is 15.4. The van der Waals surface area contributed by atoms with Crippen LogP contribution in [0, 0.1) is 0 Å². The molecule has 2 aromatic rings. The Balaban J connectivity index is 1.76. The van der Waals surface area contributed by atoms with Gasteiger partial charge in [0.05, 0.1) is 23.3 Å². The van der Waals surface area contributed by atoms with Gasteiger partial charge < -0.3 is 15.2 Å². The van der Waals surface area contributed by atoms with E-state index in [2.05, 4.69) is 15.9 Å². The molecule has 0 aliphatic carbocycles. The molecule has 0 amide bonds. The van der Waals surface area contributed by atoms with Gasteiger partial charge in [0.15, 0.2) is 0 Å². The Bertz CT molecular complexity index is 623. The topological polar surface area (TPSA) is 44.5 Å². The van der Waals surface area contributed by atoms with E-state index in [1.807, 2.05) is 18.2 Å². The molecule has 112 valence electrons. The lowest BCUT2D eigenvalue weighted by Crippen LogP contribution is -2.05. The van der Waals surface area contributed by atoms with Gasteiger partial charge in [-0.05, 0) is 34.1 Å². The lowest BCUT2D eigenvalue weighted by atomic mass is 10.3. The Morgan fingerprint density at radius 1 is 1.00 bits per heavy atom. The Morgan fingerprint density at radius 3 is 2.52 bits per heavy atom. The average molecular weight is 391 g/mol. The summed E-state index contributed by atoms with van der Waals surface area (Å²) in [5.74, 6) is 1.31. The molecule has 0 aliphatic rings. The molecule has 2 N–H and O–H groups in total. The van der Waals surface area contributed by atoms with E-state index in [1.54, 1.807) is 18.2 Å². The normalized spacial score (nSPS) is 10.4. The molecule has 0 heterocycles. The van der Waals surface area contributed by atoms with Crippen LogP contribution in [0.4, 0.5) is 5.69 Å². The van der Waals surface area contributed by atoms with E-state index in [0.29, 0.717) is 34.7 Å². The number of halogens is 3. The largest absolute Gasteiger partial charge is 0.493 e. The van der Waals surface area contributed by atoms with E-state index in [-0.39, 0.29) is 0 Å². The molecule has 0 bridgehead atoms. The summed E-state index contributed by atoms with van der Waals surface area (Å²) in [5, 5.41) is 1.08. The molecule has 0 saturated carbocycles. The van der Waals surface area contributed by atoms with Gasteiger partial charge in [-0.1, -0.05) is 29.3 Å². The van der Waals surface area contributed by atoms with Crippen molar-refractivity contribution in [3.05, 3.63) is 50.9 Å². The minimum Gasteiger partial charge on any atom is -0.493 e. The Labute approximate surface area is 142 Å². The lowest BCUT2D eigenvalue weighted by Gasteiger charge is -2.10. The number of ether oxygens (including phenoxy) is 2. The van der Waals surface area contributed by atoms with E-state index < -0.39 is 0 Å². The summed E-state index contributed by atoms with van der Waals surface area (Å²) in [5.41, 5.74) is 6.35. The molecule has 0 aromatic heterocycles. The van der Waals surface area contributed by atoms with E-state index in [9.17, 15) is 0 Å². The molecule has 0 saturated heterocycles. The molecule has 0 radical (unpaired) electrons. The van der Waals surface area contributed by atoms with E-state index >= 15 is 0 Å². The first-order chi connectivity index (χ1) is 10.1. The van der Waals surface area contributed by atoms with Crippen LogP contribution in [-0.2, 0) is 0 Å². The highest BCUT2D eigenvalue weighted by atomic mass is 79.9. The van der Waals surface area contributed by atoms with Gasteiger partial charge in [0.1, 0.15) is 11.5 Å². The zero-order valence-corrected chi connectivity index (χ0v) is 14.2. The number of hydrogen-bond acceptors (Lipinski definition) is 3. The third-order valence-corrected chi connectivity index (χ3v) is 4.14. The highest BCUT2D eigenvalue weighted by Gasteiger charge is 2.06. The maximum absolute atomic E-state index is 6.07. The summed E-state index contributed by atoms with van der Waals surface area (Å²) in [4.78, 5) is 0. The summed E-state index contributed by atoms with van der Waals surface area (Å²) in [6.45, 7) is 1.02. The Kier molecular flexibility index (Phi) is 6.03. The highest BCUT2D eigenvalue weighted by Crippen LogP contribution is 2.34. The molecule has 0 atom stereocenters. The fourth-order valence-electron chi connectivity index (χ4n) is 1.65. The monoisotopic (exact) mass is 389 g/mol. The molecule has 2 aromatic carbocycles. The van der Waals surface area contributed by atoms with Crippen molar-refractivity contribution in [2.75, 3.05) is 18.9 Å². The first-order valence-electron chi connectivity index (χ1n) is 6.32. The van der Waals surface area contributed by atoms with Crippen LogP contribution in [0.5, 0.6) is 11.5 Å². The molecule has 21 heavy (non-hydrogen) atoms. The van der Waals surface area contributed by atoms with Gasteiger partial charge in [-0.25, -0.2) is 0 Å². The van der Waals surface area contributed by atoms with Crippen molar-refractivity contribution >= 4 is 44.8 Å². The third-order valence-electron chi connectivity index (χ3n) is 2.65. The second-order valence-corrected chi connectivity index (χ2v) is 5.99. The maximum Gasteiger partial charge on any atom is 0.139 e. The number of benzene rings is 2. The zero-order chi connectivity index (χ0) is 15.2. The number of rotatable bonds is 6. The van der Waals surface area contributed by atoms with Gasteiger partial charge in [0.25, 0.3) is 0 Å². The highest BCUT2D eigenvalue weighted by molar-refractivity contribution is 9.10. The summed E-state index contributed by atoms with van der Waals surface area (Å²) in [6, 6.07) is 10.7. The van der Waals surface area contributed by atoms with Crippen LogP contribution in [0.2, 0.25) is 10.0 Å². The van der Waals surface area contributed by atoms with Crippen LogP contribution < -0.4 is 15.2 Å². The van der Waals surface area contributed by atoms with E-state index in [4.69, 9.17) is 38.4 Å². The molecule has 2 rings (SSSR count). The van der Waals surface area contributed by atoms with Crippen LogP contribution in [0.15, 0.2) is 40.9 Å². The zero-order valence-electron chi connectivity index (χ0n) is 11.1. The molecule has 3 nitrogen and oxygen atoms in total. The molecule has 0 spiro atoms. The summed E-state index contributed by atoms with van der Waals surface area (Å²) < 4.78 is 11.9. The van der Waals surface area contributed by atoms with Crippen molar-refractivity contribution in [3.8, 4) is 11.5 Å². The van der Waals surface area contributed by atoms with Gasteiger partial charge in [-0.15, -0.1) is 0 Å². The predicted octanol–water partition coefficient (Wildman–Crippen LogP) is 5.19. The second kappa shape index (κ2) is 7.78. The van der Waals surface area contributed by atoms with Crippen LogP contribution >= 0.6 is 39.1 Å². The molecule has 6 heteroatoms. The fourth-order valence-corrected chi connectivity index (χ4v) is 2.50. The molecule has 0 aliphatic heterocycles. The smallest absolute Gasteiger partial charge is 0.139 e. The molecular formula is C15H14BrCl2NO2. The first-order valence-corrected chi connectivity index (χ1v) is 7.87. The van der Waals surface area contributed by atoms with Crippen LogP contribution in [0.25, 0.3) is 0 Å². The number of nitrogens with two attached hydrogens (primary N) is 1. The molecule has 0 fully saturated rings. The Hall–Kier alpha value is -1.10. The summed E-state index contributed by atoms with van der Waals surface area (Å²) in [6.07, 6.45) is 0.721. The van der Waals surface area contributed by atoms with Gasteiger partial charge in [0, 0.05) is 28.7 Å². The van der Waals surface area contributed by atoms with Crippen LogP contribution in [0.3, 0.4) is 0 Å². The standard InChI is InChI=1S/C15H14BrCl2NO2/c16-12-8-14(18)15(9-13(12)17)21-6-2-5-20-11-4-1-3-10(19)7-11/h1,3-4,7-9H,2,5-6,19H2. The first kappa shape index (κ1) is 16.3. The predicted molar refractivity (Wildman–Crippen MR) is 90.6 cm³/mol. The van der Waals surface area contributed by atoms with Crippen molar-refractivity contribution in [1.29, 1.82) is 0 Å². The van der Waals surface area contributed by atoms with Crippen LogP contribution in [-0.4, -0.2) is 13.2 Å². The van der Waals surface area contributed by atoms with Crippen LogP contribution in [0.1, 0.15) is 6.42 Å². The summed E-state index contributed by atoms with van der Waals surface area (Å²) in [7, 11) is 0. The average Bonchev–Trinajstić information content (AvgIpc) is 2.44. The molecular weight excluding hydrogens is 377 g/mol. The van der Waals surface area contributed by atoms with Gasteiger partial charge in [0.2, 0.25) is 0 Å². The minimum absolute atomic E-state index is 0.486. The lowest BCUT2D eigenvalue weighted by molar-refractivity contribution is 0.247. The second-order valence-electron chi connectivity index (χ2n) is 4.32. The Morgan fingerprint density at radius 2 is 1.76 bits per heavy atom. The van der Waals surface area contributed by atoms with Crippen molar-refractivity contribution in [2.45, 2.75) is 6.42 Å². The van der Waals surface area contributed by atoms with Crippen molar-refractivity contribution in [1.82, 2.24) is 0 Å². The number of anilines is 1. The van der Waals surface area contributed by atoms with Gasteiger partial charge in [-0.2, -0.15) is 0 Å². The quantitative estimate of drug-likeness (QED) is 0.419. The molecule has 0 unspecified atom stereocenters. The van der Waals surface area contributed by atoms with E-state index in [1.165, 1.54) is 0 Å². The van der Waals surface area contributed by atoms with Crippen molar-refractivity contribution < 1.29 is 9.47 Å². The minimum atomic E-state index is 0.486.